The first-order chi connectivity index (χ1) is 7.15. The zero-order valence-electron chi connectivity index (χ0n) is 7.94. The minimum atomic E-state index is -0.566. The summed E-state index contributed by atoms with van der Waals surface area (Å²) >= 11 is 3.16. The number of hydrogen-bond acceptors (Lipinski definition) is 1. The Balaban J connectivity index is 2.27. The van der Waals surface area contributed by atoms with Crippen LogP contribution in [0.5, 0.6) is 0 Å². The quantitative estimate of drug-likeness (QED) is 0.771. The van der Waals surface area contributed by atoms with Gasteiger partial charge in [-0.3, -0.25) is 4.79 Å². The van der Waals surface area contributed by atoms with E-state index in [1.54, 1.807) is 12.1 Å². The minimum Gasteiger partial charge on any atom is -0.325 e. The van der Waals surface area contributed by atoms with Crippen molar-refractivity contribution in [2.24, 2.45) is 0 Å². The molecule has 1 spiro atoms. The molecular formula is C11H9BrFNO. The lowest BCUT2D eigenvalue weighted by atomic mass is 9.65. The molecule has 1 amide bonds. The van der Waals surface area contributed by atoms with Crippen molar-refractivity contribution in [2.75, 3.05) is 5.32 Å². The molecule has 1 heterocycles. The van der Waals surface area contributed by atoms with Crippen LogP contribution in [0, 0.1) is 5.82 Å². The number of halogens is 2. The molecule has 1 aliphatic heterocycles. The zero-order chi connectivity index (χ0) is 10.6. The Bertz CT molecular complexity index is 468. The van der Waals surface area contributed by atoms with Gasteiger partial charge in [-0.1, -0.05) is 6.42 Å². The molecule has 0 aromatic heterocycles. The van der Waals surface area contributed by atoms with E-state index in [0.29, 0.717) is 15.7 Å². The van der Waals surface area contributed by atoms with Gasteiger partial charge in [-0.2, -0.15) is 0 Å². The fraction of sp³-hybridized carbons (Fsp3) is 0.364. The van der Waals surface area contributed by atoms with Crippen molar-refractivity contribution in [3.05, 3.63) is 28.0 Å². The molecule has 0 atom stereocenters. The van der Waals surface area contributed by atoms with Crippen molar-refractivity contribution in [2.45, 2.75) is 24.7 Å². The second kappa shape index (κ2) is 2.82. The molecule has 0 radical (unpaired) electrons. The van der Waals surface area contributed by atoms with Crippen LogP contribution in [0.15, 0.2) is 16.6 Å². The van der Waals surface area contributed by atoms with Crippen LogP contribution in [0.3, 0.4) is 0 Å². The highest BCUT2D eigenvalue weighted by Gasteiger charge is 2.52. The fourth-order valence-corrected chi connectivity index (χ4v) is 2.82. The maximum Gasteiger partial charge on any atom is 0.235 e. The number of carbonyl (C=O) groups is 1. The van der Waals surface area contributed by atoms with Gasteiger partial charge in [-0.15, -0.1) is 0 Å². The van der Waals surface area contributed by atoms with E-state index in [1.165, 1.54) is 0 Å². The first-order valence-electron chi connectivity index (χ1n) is 4.95. The first-order valence-corrected chi connectivity index (χ1v) is 5.74. The number of benzene rings is 1. The third-order valence-corrected chi connectivity index (χ3v) is 4.08. The van der Waals surface area contributed by atoms with Crippen molar-refractivity contribution in [3.8, 4) is 0 Å². The monoisotopic (exact) mass is 269 g/mol. The summed E-state index contributed by atoms with van der Waals surface area (Å²) in [4.78, 5) is 11.8. The Morgan fingerprint density at radius 3 is 2.73 bits per heavy atom. The molecule has 0 saturated heterocycles. The van der Waals surface area contributed by atoms with Crippen LogP contribution in [-0.2, 0) is 10.2 Å². The maximum absolute atomic E-state index is 14.0. The van der Waals surface area contributed by atoms with Gasteiger partial charge in [-0.05, 0) is 40.9 Å². The van der Waals surface area contributed by atoms with Crippen LogP contribution in [0.25, 0.3) is 0 Å². The molecule has 1 fully saturated rings. The van der Waals surface area contributed by atoms with E-state index >= 15 is 0 Å². The number of nitrogens with one attached hydrogen (secondary N) is 1. The first kappa shape index (κ1) is 9.33. The topological polar surface area (TPSA) is 29.1 Å². The summed E-state index contributed by atoms with van der Waals surface area (Å²) in [5, 5.41) is 2.76. The molecule has 0 unspecified atom stereocenters. The highest BCUT2D eigenvalue weighted by molar-refractivity contribution is 9.10. The lowest BCUT2D eigenvalue weighted by molar-refractivity contribution is -0.123. The van der Waals surface area contributed by atoms with Gasteiger partial charge in [0, 0.05) is 11.3 Å². The van der Waals surface area contributed by atoms with Crippen LogP contribution in [0.4, 0.5) is 10.1 Å². The summed E-state index contributed by atoms with van der Waals surface area (Å²) in [5.41, 5.74) is 0.636. The number of anilines is 1. The average Bonchev–Trinajstić information content (AvgIpc) is 2.44. The van der Waals surface area contributed by atoms with Crippen LogP contribution in [-0.4, -0.2) is 5.91 Å². The van der Waals surface area contributed by atoms with Crippen molar-refractivity contribution in [1.29, 1.82) is 0 Å². The molecule has 1 aromatic carbocycles. The van der Waals surface area contributed by atoms with Crippen molar-refractivity contribution in [1.82, 2.24) is 0 Å². The maximum atomic E-state index is 14.0. The van der Waals surface area contributed by atoms with Gasteiger partial charge < -0.3 is 5.32 Å². The highest BCUT2D eigenvalue weighted by Crippen LogP contribution is 2.52. The van der Waals surface area contributed by atoms with Crippen LogP contribution >= 0.6 is 15.9 Å². The van der Waals surface area contributed by atoms with E-state index in [9.17, 15) is 9.18 Å². The number of amides is 1. The molecule has 15 heavy (non-hydrogen) atoms. The number of carbonyl (C=O) groups excluding carboxylic acids is 1. The summed E-state index contributed by atoms with van der Waals surface area (Å²) in [6.45, 7) is 0. The fourth-order valence-electron chi connectivity index (χ4n) is 2.49. The Labute approximate surface area is 95.0 Å². The van der Waals surface area contributed by atoms with E-state index in [0.717, 1.165) is 19.3 Å². The Morgan fingerprint density at radius 2 is 2.13 bits per heavy atom. The van der Waals surface area contributed by atoms with E-state index < -0.39 is 5.41 Å². The second-order valence-electron chi connectivity index (χ2n) is 4.17. The number of rotatable bonds is 0. The molecule has 4 heteroatoms. The summed E-state index contributed by atoms with van der Waals surface area (Å²) in [7, 11) is 0. The minimum absolute atomic E-state index is 0.0410. The number of fused-ring (bicyclic) bond motifs is 2. The van der Waals surface area contributed by atoms with Gasteiger partial charge >= 0.3 is 0 Å². The lowest BCUT2D eigenvalue weighted by Gasteiger charge is -2.36. The molecule has 0 bridgehead atoms. The normalized spacial score (nSPS) is 21.1. The van der Waals surface area contributed by atoms with Crippen LogP contribution in [0.1, 0.15) is 24.8 Å². The van der Waals surface area contributed by atoms with Crippen LogP contribution in [0.2, 0.25) is 0 Å². The third-order valence-electron chi connectivity index (χ3n) is 3.46. The largest absolute Gasteiger partial charge is 0.325 e. The van der Waals surface area contributed by atoms with E-state index in [4.69, 9.17) is 0 Å². The van der Waals surface area contributed by atoms with E-state index in [-0.39, 0.29) is 11.7 Å². The summed E-state index contributed by atoms with van der Waals surface area (Å²) in [6.07, 6.45) is 2.53. The predicted molar refractivity (Wildman–Crippen MR) is 58.3 cm³/mol. The van der Waals surface area contributed by atoms with Gasteiger partial charge in [0.15, 0.2) is 0 Å². The molecule has 1 aromatic rings. The number of hydrogen-bond donors (Lipinski definition) is 1. The Kier molecular flexibility index (Phi) is 1.75. The summed E-state index contributed by atoms with van der Waals surface area (Å²) in [6, 6.07) is 3.39. The summed E-state index contributed by atoms with van der Waals surface area (Å²) in [5.74, 6) is -0.327. The summed E-state index contributed by atoms with van der Waals surface area (Å²) < 4.78 is 14.4. The lowest BCUT2D eigenvalue weighted by Crippen LogP contribution is -2.41. The molecule has 1 saturated carbocycles. The van der Waals surface area contributed by atoms with Gasteiger partial charge in [-0.25, -0.2) is 4.39 Å². The average molecular weight is 270 g/mol. The highest BCUT2D eigenvalue weighted by atomic mass is 79.9. The van der Waals surface area contributed by atoms with E-state index in [2.05, 4.69) is 21.2 Å². The van der Waals surface area contributed by atoms with Gasteiger partial charge in [0.1, 0.15) is 5.82 Å². The molecule has 1 N–H and O–H groups in total. The van der Waals surface area contributed by atoms with Gasteiger partial charge in [0.2, 0.25) is 5.91 Å². The molecule has 2 aliphatic rings. The van der Waals surface area contributed by atoms with Crippen molar-refractivity contribution < 1.29 is 9.18 Å². The van der Waals surface area contributed by atoms with Gasteiger partial charge in [0.05, 0.1) is 9.89 Å². The van der Waals surface area contributed by atoms with Crippen molar-refractivity contribution >= 4 is 27.5 Å². The standard InChI is InChI=1S/C11H9BrFNO/c12-6-2-3-7-8(9(6)13)11(4-1-5-11)10(15)14-7/h2-3H,1,4-5H2,(H,14,15). The molecule has 78 valence electrons. The third kappa shape index (κ3) is 1.00. The Hall–Kier alpha value is -0.900. The molecular weight excluding hydrogens is 261 g/mol. The zero-order valence-corrected chi connectivity index (χ0v) is 9.53. The Morgan fingerprint density at radius 1 is 1.40 bits per heavy atom. The smallest absolute Gasteiger partial charge is 0.235 e. The molecule has 3 rings (SSSR count). The predicted octanol–water partition coefficient (Wildman–Crippen LogP) is 2.96. The van der Waals surface area contributed by atoms with E-state index in [1.807, 2.05) is 0 Å². The van der Waals surface area contributed by atoms with Crippen molar-refractivity contribution in [3.63, 3.8) is 0 Å². The van der Waals surface area contributed by atoms with Gasteiger partial charge in [0.25, 0.3) is 0 Å². The SMILES string of the molecule is O=C1Nc2ccc(Br)c(F)c2C12CCC2. The molecule has 2 nitrogen and oxygen atoms in total. The van der Waals surface area contributed by atoms with Crippen LogP contribution < -0.4 is 5.32 Å². The second-order valence-corrected chi connectivity index (χ2v) is 5.03. The molecule has 1 aliphatic carbocycles.